The van der Waals surface area contributed by atoms with Crippen molar-refractivity contribution in [1.29, 1.82) is 0 Å². The van der Waals surface area contributed by atoms with Crippen LogP contribution in [0.2, 0.25) is 0 Å². The average Bonchev–Trinajstić information content (AvgIpc) is 2.15. The molecule has 0 amide bonds. The molecule has 0 aromatic carbocycles. The maximum absolute atomic E-state index is 12.2. The van der Waals surface area contributed by atoms with Gasteiger partial charge in [0.05, 0.1) is 4.92 Å². The van der Waals surface area contributed by atoms with Gasteiger partial charge in [0, 0.05) is 16.6 Å². The van der Waals surface area contributed by atoms with Crippen LogP contribution in [0.25, 0.3) is 0 Å². The number of aryl methyl sites for hydroxylation is 1. The molecular weight excluding hydrogens is 309 g/mol. The van der Waals surface area contributed by atoms with E-state index in [1.165, 1.54) is 6.92 Å². The molecule has 0 saturated carbocycles. The summed E-state index contributed by atoms with van der Waals surface area (Å²) < 4.78 is 40.1. The van der Waals surface area contributed by atoms with Crippen LogP contribution in [0.3, 0.4) is 0 Å². The molecule has 94 valence electrons. The molecule has 0 spiro atoms. The first kappa shape index (κ1) is 13.7. The van der Waals surface area contributed by atoms with Crippen molar-refractivity contribution in [2.45, 2.75) is 18.6 Å². The fourth-order valence-electron chi connectivity index (χ4n) is 1.13. The largest absolute Gasteiger partial charge is 0.573 e. The van der Waals surface area contributed by atoms with Crippen molar-refractivity contribution >= 4 is 21.6 Å². The van der Waals surface area contributed by atoms with Crippen LogP contribution in [0.1, 0.15) is 11.3 Å². The molecule has 5 nitrogen and oxygen atoms in total. The molecule has 0 unspecified atom stereocenters. The highest BCUT2D eigenvalue weighted by Gasteiger charge is 2.36. The van der Waals surface area contributed by atoms with E-state index in [1.54, 1.807) is 0 Å². The highest BCUT2D eigenvalue weighted by molar-refractivity contribution is 9.08. The van der Waals surface area contributed by atoms with Gasteiger partial charge in [-0.2, -0.15) is 0 Å². The molecule has 0 aliphatic heterocycles. The van der Waals surface area contributed by atoms with E-state index in [0.29, 0.717) is 0 Å². The molecule has 1 rings (SSSR count). The van der Waals surface area contributed by atoms with Crippen molar-refractivity contribution in [2.24, 2.45) is 0 Å². The monoisotopic (exact) mass is 314 g/mol. The van der Waals surface area contributed by atoms with E-state index in [9.17, 15) is 23.3 Å². The molecule has 1 aromatic heterocycles. The maximum atomic E-state index is 12.2. The molecule has 1 aromatic rings. The number of hydrogen-bond acceptors (Lipinski definition) is 4. The zero-order valence-electron chi connectivity index (χ0n) is 8.42. The number of alkyl halides is 4. The average molecular weight is 315 g/mol. The highest BCUT2D eigenvalue weighted by Crippen LogP contribution is 2.36. The van der Waals surface area contributed by atoms with Crippen molar-refractivity contribution in [3.8, 4) is 5.75 Å². The first-order chi connectivity index (χ1) is 7.76. The lowest BCUT2D eigenvalue weighted by Gasteiger charge is -2.13. The fourth-order valence-corrected chi connectivity index (χ4v) is 1.79. The van der Waals surface area contributed by atoms with Gasteiger partial charge in [-0.1, -0.05) is 15.9 Å². The number of ether oxygens (including phenoxy) is 1. The second-order valence-electron chi connectivity index (χ2n) is 2.98. The van der Waals surface area contributed by atoms with E-state index >= 15 is 0 Å². The topological polar surface area (TPSA) is 65.3 Å². The molecule has 0 saturated heterocycles. The molecule has 0 fully saturated rings. The molecular formula is C8H6BrF3N2O3. The second-order valence-corrected chi connectivity index (χ2v) is 3.54. The minimum atomic E-state index is -4.99. The lowest BCUT2D eigenvalue weighted by atomic mass is 10.2. The number of nitro groups is 1. The van der Waals surface area contributed by atoms with Crippen molar-refractivity contribution in [1.82, 2.24) is 4.98 Å². The number of aromatic nitrogens is 1. The van der Waals surface area contributed by atoms with Gasteiger partial charge in [0.2, 0.25) is 5.75 Å². The van der Waals surface area contributed by atoms with Crippen LogP contribution in [0, 0.1) is 17.0 Å². The number of rotatable bonds is 3. The summed E-state index contributed by atoms with van der Waals surface area (Å²) in [6.07, 6.45) is -4.25. The Labute approximate surface area is 102 Å². The van der Waals surface area contributed by atoms with Crippen LogP contribution in [0.15, 0.2) is 6.20 Å². The second kappa shape index (κ2) is 4.86. The number of nitrogens with zero attached hydrogens (tertiary/aromatic N) is 2. The van der Waals surface area contributed by atoms with Crippen LogP contribution >= 0.6 is 15.9 Å². The lowest BCUT2D eigenvalue weighted by molar-refractivity contribution is -0.389. The van der Waals surface area contributed by atoms with Crippen LogP contribution in [0.5, 0.6) is 5.75 Å². The van der Waals surface area contributed by atoms with Crippen LogP contribution in [-0.4, -0.2) is 16.3 Å². The summed E-state index contributed by atoms with van der Waals surface area (Å²) in [6.45, 7) is 1.43. The Morgan fingerprint density at radius 3 is 2.59 bits per heavy atom. The van der Waals surface area contributed by atoms with Crippen LogP contribution in [0.4, 0.5) is 18.9 Å². The maximum Gasteiger partial charge on any atom is 0.573 e. The predicted octanol–water partition coefficient (Wildman–Crippen LogP) is 3.09. The Morgan fingerprint density at radius 2 is 2.18 bits per heavy atom. The molecule has 0 radical (unpaired) electrons. The summed E-state index contributed by atoms with van der Waals surface area (Å²) in [5, 5.41) is 10.6. The van der Waals surface area contributed by atoms with Gasteiger partial charge in [0.25, 0.3) is 0 Å². The third-order valence-corrected chi connectivity index (χ3v) is 2.43. The Bertz CT molecular complexity index is 450. The van der Waals surface area contributed by atoms with Crippen molar-refractivity contribution in [2.75, 3.05) is 0 Å². The summed E-state index contributed by atoms with van der Waals surface area (Å²) >= 11 is 2.94. The third kappa shape index (κ3) is 3.29. The van der Waals surface area contributed by atoms with Crippen LogP contribution in [-0.2, 0) is 5.33 Å². The van der Waals surface area contributed by atoms with Gasteiger partial charge in [-0.3, -0.25) is 15.1 Å². The summed E-state index contributed by atoms with van der Waals surface area (Å²) in [5.41, 5.74) is -0.592. The Balaban J connectivity index is 3.39. The molecule has 0 atom stereocenters. The zero-order chi connectivity index (χ0) is 13.2. The third-order valence-electron chi connectivity index (χ3n) is 1.87. The standard InChI is InChI=1S/C8H6BrF3N2O3/c1-4-5(2-9)7(17-8(10,11)12)6(3-13-4)14(15)16/h3H,2H2,1H3. The van der Waals surface area contributed by atoms with Gasteiger partial charge in [0.1, 0.15) is 6.20 Å². The minimum Gasteiger partial charge on any atom is -0.398 e. The van der Waals surface area contributed by atoms with Gasteiger partial charge in [0.15, 0.2) is 0 Å². The van der Waals surface area contributed by atoms with Crippen molar-refractivity contribution in [3.63, 3.8) is 0 Å². The first-order valence-electron chi connectivity index (χ1n) is 4.21. The van der Waals surface area contributed by atoms with E-state index < -0.39 is 22.7 Å². The Morgan fingerprint density at radius 1 is 1.59 bits per heavy atom. The number of pyridine rings is 1. The summed E-state index contributed by atoms with van der Waals surface area (Å²) in [7, 11) is 0. The number of hydrogen-bond donors (Lipinski definition) is 0. The molecule has 1 heterocycles. The van der Waals surface area contributed by atoms with E-state index in [2.05, 4.69) is 25.7 Å². The highest BCUT2D eigenvalue weighted by atomic mass is 79.9. The summed E-state index contributed by atoms with van der Waals surface area (Å²) in [6, 6.07) is 0. The normalized spacial score (nSPS) is 11.4. The minimum absolute atomic E-state index is 0.00322. The molecule has 17 heavy (non-hydrogen) atoms. The Hall–Kier alpha value is -1.38. The van der Waals surface area contributed by atoms with E-state index in [1.807, 2.05) is 0 Å². The number of halogens is 4. The molecule has 9 heteroatoms. The van der Waals surface area contributed by atoms with Gasteiger partial charge >= 0.3 is 12.0 Å². The molecule has 0 bridgehead atoms. The van der Waals surface area contributed by atoms with Gasteiger partial charge < -0.3 is 4.74 Å². The SMILES string of the molecule is Cc1ncc([N+](=O)[O-])c(OC(F)(F)F)c1CBr. The van der Waals surface area contributed by atoms with Gasteiger partial charge in [-0.15, -0.1) is 13.2 Å². The summed E-state index contributed by atoms with van der Waals surface area (Å²) in [4.78, 5) is 13.3. The smallest absolute Gasteiger partial charge is 0.398 e. The summed E-state index contributed by atoms with van der Waals surface area (Å²) in [5.74, 6) is -0.827. The van der Waals surface area contributed by atoms with E-state index in [0.717, 1.165) is 6.20 Å². The Kier molecular flexibility index (Phi) is 3.91. The zero-order valence-corrected chi connectivity index (χ0v) is 10.0. The first-order valence-corrected chi connectivity index (χ1v) is 5.33. The molecule has 0 aliphatic carbocycles. The molecule has 0 N–H and O–H groups in total. The van der Waals surface area contributed by atoms with Gasteiger partial charge in [-0.25, -0.2) is 0 Å². The van der Waals surface area contributed by atoms with Crippen molar-refractivity contribution < 1.29 is 22.8 Å². The van der Waals surface area contributed by atoms with Crippen LogP contribution < -0.4 is 4.74 Å². The predicted molar refractivity (Wildman–Crippen MR) is 54.9 cm³/mol. The van der Waals surface area contributed by atoms with Gasteiger partial charge in [-0.05, 0) is 6.92 Å². The quantitative estimate of drug-likeness (QED) is 0.488. The van der Waals surface area contributed by atoms with E-state index in [4.69, 9.17) is 0 Å². The van der Waals surface area contributed by atoms with Crippen molar-refractivity contribution in [3.05, 3.63) is 27.6 Å². The van der Waals surface area contributed by atoms with E-state index in [-0.39, 0.29) is 16.6 Å². The fraction of sp³-hybridized carbons (Fsp3) is 0.375. The lowest BCUT2D eigenvalue weighted by Crippen LogP contribution is -2.19. The molecule has 0 aliphatic rings.